The van der Waals surface area contributed by atoms with Gasteiger partial charge in [-0.1, -0.05) is 0 Å². The van der Waals surface area contributed by atoms with E-state index in [1.165, 1.54) is 0 Å². The average molecular weight is 496 g/mol. The molecular weight excluding hydrogens is 474 g/mol. The molecule has 15 nitrogen and oxygen atoms in total. The highest BCUT2D eigenvalue weighted by molar-refractivity contribution is 7.86. The molecule has 0 spiro atoms. The van der Waals surface area contributed by atoms with Gasteiger partial charge in [-0.15, -0.1) is 15.0 Å². The molecule has 0 amide bonds. The van der Waals surface area contributed by atoms with Gasteiger partial charge in [0, 0.05) is 0 Å². The fourth-order valence-corrected chi connectivity index (χ4v) is 3.18. The molecule has 0 aromatic carbocycles. The standard InChI is InChI=1S/C12H21N3O12S3/c16-28(17,18)7-1-4-25-10-13-11(26-5-2-8-29(19,20)21)15-12(14-10)27-6-3-9-30(22,23)24/h1-9H2,(H,16,17,18)(H,19,20,21)(H,22,23,24). The zero-order valence-corrected chi connectivity index (χ0v) is 17.9. The zero-order chi connectivity index (χ0) is 22.8. The van der Waals surface area contributed by atoms with Crippen LogP contribution in [-0.4, -0.2) is 90.9 Å². The summed E-state index contributed by atoms with van der Waals surface area (Å²) < 4.78 is 106. The molecule has 0 aliphatic heterocycles. The SMILES string of the molecule is O=S(=O)(O)CCCOc1nc(OCCCS(=O)(=O)O)nc(OCCCS(=O)(=O)O)n1. The first-order valence-electron chi connectivity index (χ1n) is 8.23. The molecule has 18 heteroatoms. The summed E-state index contributed by atoms with van der Waals surface area (Å²) in [6, 6.07) is -1.01. The van der Waals surface area contributed by atoms with Crippen LogP contribution in [-0.2, 0) is 30.4 Å². The van der Waals surface area contributed by atoms with E-state index in [4.69, 9.17) is 27.9 Å². The average Bonchev–Trinajstić information content (AvgIpc) is 2.57. The zero-order valence-electron chi connectivity index (χ0n) is 15.4. The monoisotopic (exact) mass is 495 g/mol. The van der Waals surface area contributed by atoms with Gasteiger partial charge in [-0.2, -0.15) is 25.3 Å². The maximum Gasteiger partial charge on any atom is 0.325 e. The quantitative estimate of drug-likeness (QED) is 0.192. The van der Waals surface area contributed by atoms with E-state index in [9.17, 15) is 25.3 Å². The summed E-state index contributed by atoms with van der Waals surface area (Å²) in [6.45, 7) is -0.601. The molecule has 0 saturated heterocycles. The molecule has 1 aromatic heterocycles. The van der Waals surface area contributed by atoms with Crippen LogP contribution in [0.2, 0.25) is 0 Å². The van der Waals surface area contributed by atoms with Crippen molar-refractivity contribution < 1.29 is 53.1 Å². The molecule has 0 fully saturated rings. The summed E-state index contributed by atoms with van der Waals surface area (Å²) in [7, 11) is -12.5. The van der Waals surface area contributed by atoms with E-state index in [1.807, 2.05) is 0 Å². The van der Waals surface area contributed by atoms with Gasteiger partial charge in [0.25, 0.3) is 30.4 Å². The first-order chi connectivity index (χ1) is 13.7. The Hall–Kier alpha value is -1.86. The second-order valence-corrected chi connectivity index (χ2v) is 10.4. The lowest BCUT2D eigenvalue weighted by Gasteiger charge is -2.09. The van der Waals surface area contributed by atoms with Gasteiger partial charge < -0.3 is 14.2 Å². The molecule has 30 heavy (non-hydrogen) atoms. The van der Waals surface area contributed by atoms with Gasteiger partial charge in [0.15, 0.2) is 0 Å². The predicted octanol–water partition coefficient (Wildman–Crippen LogP) is -1.16. The molecular formula is C12H21N3O12S3. The number of nitrogens with zero attached hydrogens (tertiary/aromatic N) is 3. The highest BCUT2D eigenvalue weighted by Gasteiger charge is 2.13. The van der Waals surface area contributed by atoms with Crippen molar-refractivity contribution in [1.82, 2.24) is 15.0 Å². The Morgan fingerprint density at radius 1 is 0.533 bits per heavy atom. The molecule has 174 valence electrons. The lowest BCUT2D eigenvalue weighted by molar-refractivity contribution is 0.234. The molecule has 1 heterocycles. The summed E-state index contributed by atoms with van der Waals surface area (Å²) in [6.07, 6.45) is -0.251. The molecule has 0 atom stereocenters. The molecule has 0 aliphatic rings. The molecule has 0 aliphatic carbocycles. The van der Waals surface area contributed by atoms with E-state index in [-0.39, 0.29) is 57.1 Å². The predicted molar refractivity (Wildman–Crippen MR) is 99.4 cm³/mol. The van der Waals surface area contributed by atoms with Gasteiger partial charge in [-0.25, -0.2) is 0 Å². The van der Waals surface area contributed by atoms with E-state index in [0.717, 1.165) is 0 Å². The second kappa shape index (κ2) is 11.5. The molecule has 1 aromatic rings. The van der Waals surface area contributed by atoms with Crippen molar-refractivity contribution in [3.63, 3.8) is 0 Å². The maximum atomic E-state index is 10.7. The number of rotatable bonds is 15. The minimum absolute atomic E-state index is 0.0837. The third kappa shape index (κ3) is 14.2. The minimum Gasteiger partial charge on any atom is -0.463 e. The third-order valence-electron chi connectivity index (χ3n) is 2.91. The number of aromatic nitrogens is 3. The van der Waals surface area contributed by atoms with E-state index < -0.39 is 47.6 Å². The normalized spacial score (nSPS) is 12.5. The fraction of sp³-hybridized carbons (Fsp3) is 0.750. The van der Waals surface area contributed by atoms with Crippen molar-refractivity contribution in [3.8, 4) is 18.0 Å². The fourth-order valence-electron chi connectivity index (χ4n) is 1.73. The van der Waals surface area contributed by atoms with Crippen molar-refractivity contribution in [1.29, 1.82) is 0 Å². The van der Waals surface area contributed by atoms with Crippen LogP contribution in [0, 0.1) is 0 Å². The molecule has 0 radical (unpaired) electrons. The Bertz CT molecular complexity index is 854. The number of hydrogen-bond donors (Lipinski definition) is 3. The Balaban J connectivity index is 2.73. The van der Waals surface area contributed by atoms with Gasteiger partial charge in [-0.05, 0) is 19.3 Å². The van der Waals surface area contributed by atoms with Gasteiger partial charge >= 0.3 is 18.0 Å². The van der Waals surface area contributed by atoms with E-state index in [1.54, 1.807) is 0 Å². The molecule has 0 bridgehead atoms. The summed E-state index contributed by atoms with van der Waals surface area (Å²) in [5, 5.41) is 0. The van der Waals surface area contributed by atoms with Gasteiger partial charge in [0.2, 0.25) is 0 Å². The number of hydrogen-bond acceptors (Lipinski definition) is 12. The second-order valence-electron chi connectivity index (χ2n) is 5.65. The van der Waals surface area contributed by atoms with Gasteiger partial charge in [-0.3, -0.25) is 13.7 Å². The van der Waals surface area contributed by atoms with E-state index >= 15 is 0 Å². The highest BCUT2D eigenvalue weighted by atomic mass is 32.2. The van der Waals surface area contributed by atoms with Crippen LogP contribution in [0.3, 0.4) is 0 Å². The van der Waals surface area contributed by atoms with Crippen LogP contribution in [0.1, 0.15) is 19.3 Å². The van der Waals surface area contributed by atoms with E-state index in [2.05, 4.69) is 15.0 Å². The molecule has 0 unspecified atom stereocenters. The van der Waals surface area contributed by atoms with Crippen molar-refractivity contribution in [2.24, 2.45) is 0 Å². The lowest BCUT2D eigenvalue weighted by atomic mass is 10.5. The smallest absolute Gasteiger partial charge is 0.325 e. The first-order valence-corrected chi connectivity index (χ1v) is 13.1. The highest BCUT2D eigenvalue weighted by Crippen LogP contribution is 2.15. The Morgan fingerprint density at radius 3 is 0.967 bits per heavy atom. The molecule has 3 N–H and O–H groups in total. The van der Waals surface area contributed by atoms with Crippen molar-refractivity contribution in [3.05, 3.63) is 0 Å². The van der Waals surface area contributed by atoms with Gasteiger partial charge in [0.1, 0.15) is 0 Å². The van der Waals surface area contributed by atoms with Crippen molar-refractivity contribution in [2.75, 3.05) is 37.1 Å². The van der Waals surface area contributed by atoms with Crippen molar-refractivity contribution in [2.45, 2.75) is 19.3 Å². The largest absolute Gasteiger partial charge is 0.463 e. The Kier molecular flexibility index (Phi) is 10.0. The van der Waals surface area contributed by atoms with Crippen LogP contribution < -0.4 is 14.2 Å². The Labute approximate surface area is 173 Å². The summed E-state index contributed by atoms with van der Waals surface area (Å²) in [4.78, 5) is 11.3. The number of ether oxygens (including phenoxy) is 3. The summed E-state index contributed by atoms with van der Waals surface area (Å²) in [5.74, 6) is -1.68. The molecule has 0 saturated carbocycles. The van der Waals surface area contributed by atoms with Crippen LogP contribution in [0.25, 0.3) is 0 Å². The minimum atomic E-state index is -4.17. The van der Waals surface area contributed by atoms with Crippen LogP contribution in [0.5, 0.6) is 18.0 Å². The molecule has 1 rings (SSSR count). The summed E-state index contributed by atoms with van der Waals surface area (Å²) in [5.41, 5.74) is 0. The van der Waals surface area contributed by atoms with Gasteiger partial charge in [0.05, 0.1) is 37.1 Å². The van der Waals surface area contributed by atoms with Crippen molar-refractivity contribution >= 4 is 30.4 Å². The van der Waals surface area contributed by atoms with E-state index in [0.29, 0.717) is 0 Å². The first kappa shape index (κ1) is 26.2. The van der Waals surface area contributed by atoms with Crippen LogP contribution in [0.4, 0.5) is 0 Å². The lowest BCUT2D eigenvalue weighted by Crippen LogP contribution is -2.13. The third-order valence-corrected chi connectivity index (χ3v) is 5.32. The van der Waals surface area contributed by atoms with Crippen LogP contribution >= 0.6 is 0 Å². The van der Waals surface area contributed by atoms with Crippen LogP contribution in [0.15, 0.2) is 0 Å². The summed E-state index contributed by atoms with van der Waals surface area (Å²) >= 11 is 0. The maximum absolute atomic E-state index is 10.7. The topological polar surface area (TPSA) is 229 Å². The Morgan fingerprint density at radius 2 is 0.767 bits per heavy atom.